The minimum absolute atomic E-state index is 0.155. The highest BCUT2D eigenvalue weighted by atomic mass is 35.5. The average Bonchev–Trinajstić information content (AvgIpc) is 2.49. The molecule has 0 aliphatic carbocycles. The third-order valence-corrected chi connectivity index (χ3v) is 4.50. The Morgan fingerprint density at radius 1 is 1.29 bits per heavy atom. The van der Waals surface area contributed by atoms with Crippen LogP contribution in [0, 0.1) is 19.7 Å². The molecule has 1 N–H and O–H groups in total. The summed E-state index contributed by atoms with van der Waals surface area (Å²) < 4.78 is 13.5. The Morgan fingerprint density at radius 3 is 2.67 bits per heavy atom. The second-order valence-corrected chi connectivity index (χ2v) is 6.81. The second-order valence-electron chi connectivity index (χ2n) is 5.42. The number of halogens is 2. The molecule has 126 valence electrons. The Morgan fingerprint density at radius 2 is 2.00 bits per heavy atom. The van der Waals surface area contributed by atoms with E-state index in [0.29, 0.717) is 0 Å². The number of thioether (sulfide) groups is 1. The number of rotatable bonds is 6. The lowest BCUT2D eigenvalue weighted by atomic mass is 10.1. The summed E-state index contributed by atoms with van der Waals surface area (Å²) >= 11 is 7.37. The Bertz CT molecular complexity index is 724. The molecule has 2 rings (SSSR count). The van der Waals surface area contributed by atoms with Gasteiger partial charge in [-0.2, -0.15) is 5.10 Å². The summed E-state index contributed by atoms with van der Waals surface area (Å²) in [5.41, 5.74) is 6.14. The molecule has 0 spiro atoms. The zero-order chi connectivity index (χ0) is 17.5. The summed E-state index contributed by atoms with van der Waals surface area (Å²) in [7, 11) is 0. The first kappa shape index (κ1) is 18.5. The lowest BCUT2D eigenvalue weighted by Crippen LogP contribution is -2.19. The van der Waals surface area contributed by atoms with Crippen LogP contribution in [0.1, 0.15) is 22.3 Å². The lowest BCUT2D eigenvalue weighted by molar-refractivity contribution is -0.118. The summed E-state index contributed by atoms with van der Waals surface area (Å²) in [4.78, 5) is 11.8. The van der Waals surface area contributed by atoms with Gasteiger partial charge in [0.25, 0.3) is 0 Å². The highest BCUT2D eigenvalue weighted by Gasteiger charge is 2.05. The summed E-state index contributed by atoms with van der Waals surface area (Å²) in [6, 6.07) is 10.7. The maximum Gasteiger partial charge on any atom is 0.250 e. The van der Waals surface area contributed by atoms with Crippen molar-refractivity contribution in [1.29, 1.82) is 0 Å². The fourth-order valence-corrected chi connectivity index (χ4v) is 3.22. The van der Waals surface area contributed by atoms with Crippen molar-refractivity contribution >= 4 is 35.5 Å². The van der Waals surface area contributed by atoms with Crippen molar-refractivity contribution in [2.45, 2.75) is 19.6 Å². The Balaban J connectivity index is 1.80. The molecular formula is C18H18ClFN2OS. The van der Waals surface area contributed by atoms with Crippen LogP contribution in [0.25, 0.3) is 0 Å². The molecule has 24 heavy (non-hydrogen) atoms. The monoisotopic (exact) mass is 364 g/mol. The zero-order valence-electron chi connectivity index (χ0n) is 13.5. The van der Waals surface area contributed by atoms with Gasteiger partial charge >= 0.3 is 0 Å². The quantitative estimate of drug-likeness (QED) is 0.606. The second kappa shape index (κ2) is 8.85. The van der Waals surface area contributed by atoms with Crippen LogP contribution in [-0.2, 0) is 10.5 Å². The molecule has 0 bridgehead atoms. The van der Waals surface area contributed by atoms with Gasteiger partial charge in [0, 0.05) is 11.3 Å². The molecule has 0 atom stereocenters. The number of carbonyl (C=O) groups is 1. The molecule has 0 fully saturated rings. The van der Waals surface area contributed by atoms with Crippen molar-refractivity contribution in [3.05, 3.63) is 69.5 Å². The van der Waals surface area contributed by atoms with Gasteiger partial charge in [-0.3, -0.25) is 4.79 Å². The number of aryl methyl sites for hydroxylation is 2. The van der Waals surface area contributed by atoms with Crippen LogP contribution in [0.5, 0.6) is 0 Å². The van der Waals surface area contributed by atoms with Crippen molar-refractivity contribution in [3.8, 4) is 0 Å². The van der Waals surface area contributed by atoms with E-state index in [1.165, 1.54) is 46.8 Å². The van der Waals surface area contributed by atoms with Crippen molar-refractivity contribution in [2.75, 3.05) is 5.75 Å². The SMILES string of the molecule is Cc1cc(C)cc(CSCC(=O)N/N=C/c2c(F)cccc2Cl)c1. The standard InChI is InChI=1S/C18H18ClFN2OS/c1-12-6-13(2)8-14(7-12)10-24-11-18(23)22-21-9-15-16(19)4-3-5-17(15)20/h3-9H,10-11H2,1-2H3,(H,22,23)/b21-9+. The maximum absolute atomic E-state index is 13.5. The van der Waals surface area contributed by atoms with E-state index in [1.54, 1.807) is 6.07 Å². The van der Waals surface area contributed by atoms with E-state index >= 15 is 0 Å². The van der Waals surface area contributed by atoms with E-state index < -0.39 is 5.82 Å². The molecule has 0 radical (unpaired) electrons. The molecule has 2 aromatic rings. The Hall–Kier alpha value is -1.85. The van der Waals surface area contributed by atoms with Gasteiger partial charge in [-0.1, -0.05) is 47.0 Å². The van der Waals surface area contributed by atoms with Crippen molar-refractivity contribution < 1.29 is 9.18 Å². The first-order valence-corrected chi connectivity index (χ1v) is 8.90. The molecule has 0 aliphatic heterocycles. The number of nitrogens with one attached hydrogen (secondary N) is 1. The topological polar surface area (TPSA) is 41.5 Å². The lowest BCUT2D eigenvalue weighted by Gasteiger charge is -2.05. The van der Waals surface area contributed by atoms with Gasteiger partial charge in [-0.15, -0.1) is 11.8 Å². The largest absolute Gasteiger partial charge is 0.272 e. The van der Waals surface area contributed by atoms with E-state index in [1.807, 2.05) is 0 Å². The molecule has 0 aliphatic rings. The van der Waals surface area contributed by atoms with Crippen LogP contribution < -0.4 is 5.43 Å². The first-order valence-electron chi connectivity index (χ1n) is 7.36. The van der Waals surface area contributed by atoms with Gasteiger partial charge in [0.05, 0.1) is 17.0 Å². The first-order chi connectivity index (χ1) is 11.5. The average molecular weight is 365 g/mol. The fraction of sp³-hybridized carbons (Fsp3) is 0.222. The van der Waals surface area contributed by atoms with Crippen molar-refractivity contribution in [1.82, 2.24) is 5.43 Å². The third-order valence-electron chi connectivity index (χ3n) is 3.17. The van der Waals surface area contributed by atoms with Crippen LogP contribution in [0.15, 0.2) is 41.5 Å². The molecule has 0 aromatic heterocycles. The van der Waals surface area contributed by atoms with E-state index in [2.05, 4.69) is 42.6 Å². The molecule has 3 nitrogen and oxygen atoms in total. The van der Waals surface area contributed by atoms with Gasteiger partial charge in [0.15, 0.2) is 0 Å². The summed E-state index contributed by atoms with van der Waals surface area (Å²) in [6.45, 7) is 4.10. The van der Waals surface area contributed by atoms with Crippen LogP contribution >= 0.6 is 23.4 Å². The zero-order valence-corrected chi connectivity index (χ0v) is 15.0. The predicted octanol–water partition coefficient (Wildman–Crippen LogP) is 4.48. The van der Waals surface area contributed by atoms with Crippen LogP contribution in [0.3, 0.4) is 0 Å². The van der Waals surface area contributed by atoms with Crippen molar-refractivity contribution in [2.24, 2.45) is 5.10 Å². The predicted molar refractivity (Wildman–Crippen MR) is 99.2 cm³/mol. The number of nitrogens with zero attached hydrogens (tertiary/aromatic N) is 1. The minimum atomic E-state index is -0.482. The molecule has 6 heteroatoms. The normalized spacial score (nSPS) is 11.0. The Kier molecular flexibility index (Phi) is 6.82. The minimum Gasteiger partial charge on any atom is -0.272 e. The summed E-state index contributed by atoms with van der Waals surface area (Å²) in [5.74, 6) is 0.298. The number of hydrogen-bond donors (Lipinski definition) is 1. The molecule has 0 heterocycles. The smallest absolute Gasteiger partial charge is 0.250 e. The van der Waals surface area contributed by atoms with Gasteiger partial charge < -0.3 is 0 Å². The van der Waals surface area contributed by atoms with Crippen molar-refractivity contribution in [3.63, 3.8) is 0 Å². The van der Waals surface area contributed by atoms with Crippen LogP contribution in [0.4, 0.5) is 4.39 Å². The number of hydrogen-bond acceptors (Lipinski definition) is 3. The molecule has 2 aromatic carbocycles. The van der Waals surface area contributed by atoms with Gasteiger partial charge in [-0.25, -0.2) is 9.82 Å². The maximum atomic E-state index is 13.5. The third kappa shape index (κ3) is 5.65. The molecule has 0 saturated heterocycles. The number of amides is 1. The molecule has 1 amide bonds. The Labute approximate surface area is 150 Å². The number of benzene rings is 2. The molecular weight excluding hydrogens is 347 g/mol. The molecule has 0 saturated carbocycles. The summed E-state index contributed by atoms with van der Waals surface area (Å²) in [6.07, 6.45) is 1.21. The highest BCUT2D eigenvalue weighted by Crippen LogP contribution is 2.17. The van der Waals surface area contributed by atoms with E-state index in [0.717, 1.165) is 5.75 Å². The van der Waals surface area contributed by atoms with E-state index in [-0.39, 0.29) is 22.2 Å². The van der Waals surface area contributed by atoms with Crippen LogP contribution in [-0.4, -0.2) is 17.9 Å². The number of hydrazone groups is 1. The fourth-order valence-electron chi connectivity index (χ4n) is 2.25. The number of carbonyl (C=O) groups excluding carboxylic acids is 1. The van der Waals surface area contributed by atoms with Gasteiger partial charge in [0.2, 0.25) is 5.91 Å². The van der Waals surface area contributed by atoms with E-state index in [4.69, 9.17) is 11.6 Å². The summed E-state index contributed by atoms with van der Waals surface area (Å²) in [5, 5.41) is 4.00. The highest BCUT2D eigenvalue weighted by molar-refractivity contribution is 7.99. The van der Waals surface area contributed by atoms with Gasteiger partial charge in [-0.05, 0) is 31.5 Å². The van der Waals surface area contributed by atoms with E-state index in [9.17, 15) is 9.18 Å². The van der Waals surface area contributed by atoms with Crippen LogP contribution in [0.2, 0.25) is 5.02 Å². The molecule has 0 unspecified atom stereocenters. The van der Waals surface area contributed by atoms with Gasteiger partial charge in [0.1, 0.15) is 5.82 Å².